The molecule has 0 spiro atoms. The predicted octanol–water partition coefficient (Wildman–Crippen LogP) is 1.99. The number of sulfonamides is 1. The highest BCUT2D eigenvalue weighted by atomic mass is 32.2. The highest BCUT2D eigenvalue weighted by Gasteiger charge is 2.21. The fourth-order valence-electron chi connectivity index (χ4n) is 1.51. The Morgan fingerprint density at radius 2 is 1.82 bits per heavy atom. The summed E-state index contributed by atoms with van der Waals surface area (Å²) in [6.45, 7) is 4.86. The molecule has 22 heavy (non-hydrogen) atoms. The summed E-state index contributed by atoms with van der Waals surface area (Å²) >= 11 is 0. The van der Waals surface area contributed by atoms with Crippen LogP contribution in [-0.2, 0) is 21.2 Å². The van der Waals surface area contributed by atoms with Gasteiger partial charge in [0, 0.05) is 12.1 Å². The summed E-state index contributed by atoms with van der Waals surface area (Å²) in [5, 5.41) is 10.5. The Bertz CT molecular complexity index is 646. The van der Waals surface area contributed by atoms with Crippen molar-refractivity contribution >= 4 is 21.8 Å². The summed E-state index contributed by atoms with van der Waals surface area (Å²) < 4.78 is 30.2. The molecule has 0 heterocycles. The number of hydrogen-bond donors (Lipinski definition) is 1. The second-order valence-electron chi connectivity index (χ2n) is 5.60. The largest absolute Gasteiger partial charge is 0.443 e. The number of nitro groups is 1. The number of hydrogen-bond acceptors (Lipinski definition) is 6. The second kappa shape index (κ2) is 6.73. The third kappa shape index (κ3) is 6.53. The van der Waals surface area contributed by atoms with Gasteiger partial charge in [-0.25, -0.2) is 17.9 Å². The zero-order valence-corrected chi connectivity index (χ0v) is 13.3. The summed E-state index contributed by atoms with van der Waals surface area (Å²) in [6.07, 6.45) is -0.910. The van der Waals surface area contributed by atoms with Crippen molar-refractivity contribution in [2.75, 3.05) is 5.75 Å². The summed E-state index contributed by atoms with van der Waals surface area (Å²) in [6, 6.07) is 5.54. The molecule has 0 radical (unpaired) electrons. The third-order valence-corrected chi connectivity index (χ3v) is 3.66. The molecule has 0 aliphatic rings. The lowest BCUT2D eigenvalue weighted by Gasteiger charge is -2.19. The number of carbonyl (C=O) groups is 1. The number of rotatable bonds is 5. The van der Waals surface area contributed by atoms with E-state index in [1.807, 2.05) is 4.72 Å². The number of nitrogens with one attached hydrogen (secondary N) is 1. The molecule has 0 aliphatic carbocycles. The van der Waals surface area contributed by atoms with Crippen molar-refractivity contribution in [1.29, 1.82) is 0 Å². The Balaban J connectivity index is 2.58. The molecule has 0 atom stereocenters. The maximum atomic E-state index is 11.8. The monoisotopic (exact) mass is 330 g/mol. The van der Waals surface area contributed by atoms with Crippen molar-refractivity contribution in [3.8, 4) is 0 Å². The summed E-state index contributed by atoms with van der Waals surface area (Å²) in [4.78, 5) is 21.4. The molecule has 9 heteroatoms. The van der Waals surface area contributed by atoms with E-state index < -0.39 is 26.6 Å². The van der Waals surface area contributed by atoms with Gasteiger partial charge in [-0.05, 0) is 32.8 Å². The quantitative estimate of drug-likeness (QED) is 0.652. The summed E-state index contributed by atoms with van der Waals surface area (Å²) in [7, 11) is -3.84. The van der Waals surface area contributed by atoms with Crippen LogP contribution in [0.25, 0.3) is 0 Å². The number of amides is 1. The third-order valence-electron chi connectivity index (χ3n) is 2.44. The van der Waals surface area contributed by atoms with Crippen LogP contribution >= 0.6 is 0 Å². The van der Waals surface area contributed by atoms with Gasteiger partial charge in [0.25, 0.3) is 5.69 Å². The second-order valence-corrected chi connectivity index (χ2v) is 7.44. The Hall–Kier alpha value is -2.16. The Labute approximate surface area is 128 Å². The van der Waals surface area contributed by atoms with Crippen LogP contribution in [0.4, 0.5) is 10.5 Å². The number of aryl methyl sites for hydroxylation is 1. The number of carbonyl (C=O) groups excluding carboxylic acids is 1. The molecule has 0 aromatic heterocycles. The summed E-state index contributed by atoms with van der Waals surface area (Å²) in [5.41, 5.74) is -0.253. The first kappa shape index (κ1) is 17.9. The first-order chi connectivity index (χ1) is 9.98. The lowest BCUT2D eigenvalue weighted by atomic mass is 10.1. The van der Waals surface area contributed by atoms with Crippen molar-refractivity contribution in [3.05, 3.63) is 39.9 Å². The van der Waals surface area contributed by atoms with Gasteiger partial charge in [-0.15, -0.1) is 0 Å². The molecular formula is C13H18N2O6S. The Morgan fingerprint density at radius 1 is 1.27 bits per heavy atom. The van der Waals surface area contributed by atoms with Crippen molar-refractivity contribution < 1.29 is 22.9 Å². The molecule has 1 N–H and O–H groups in total. The predicted molar refractivity (Wildman–Crippen MR) is 80.0 cm³/mol. The SMILES string of the molecule is CC(C)(C)OC(=O)NS(=O)(=O)CCc1ccc([N+](=O)[O-])cc1. The molecule has 0 bridgehead atoms. The molecule has 1 aromatic carbocycles. The molecule has 8 nitrogen and oxygen atoms in total. The van der Waals surface area contributed by atoms with E-state index in [9.17, 15) is 23.3 Å². The highest BCUT2D eigenvalue weighted by Crippen LogP contribution is 2.13. The molecule has 0 saturated heterocycles. The lowest BCUT2D eigenvalue weighted by Crippen LogP contribution is -2.37. The van der Waals surface area contributed by atoms with Crippen LogP contribution in [0.5, 0.6) is 0 Å². The van der Waals surface area contributed by atoms with E-state index in [-0.39, 0.29) is 17.9 Å². The van der Waals surface area contributed by atoms with Gasteiger partial charge in [-0.1, -0.05) is 12.1 Å². The van der Waals surface area contributed by atoms with Crippen molar-refractivity contribution in [1.82, 2.24) is 4.72 Å². The molecule has 1 aromatic rings. The van der Waals surface area contributed by atoms with Crippen LogP contribution in [0.15, 0.2) is 24.3 Å². The number of nitro benzene ring substituents is 1. The molecule has 1 rings (SSSR count). The first-order valence-electron chi connectivity index (χ1n) is 6.45. The minimum Gasteiger partial charge on any atom is -0.443 e. The lowest BCUT2D eigenvalue weighted by molar-refractivity contribution is -0.384. The average Bonchev–Trinajstić information content (AvgIpc) is 2.33. The van der Waals surface area contributed by atoms with Gasteiger partial charge >= 0.3 is 6.09 Å². The van der Waals surface area contributed by atoms with Crippen LogP contribution in [0.3, 0.4) is 0 Å². The molecular weight excluding hydrogens is 312 g/mol. The maximum absolute atomic E-state index is 11.8. The molecule has 0 saturated carbocycles. The standard InChI is InChI=1S/C13H18N2O6S/c1-13(2,3)21-12(16)14-22(19,20)9-8-10-4-6-11(7-5-10)15(17)18/h4-7H,8-9H2,1-3H3,(H,14,16). The van der Waals surface area contributed by atoms with E-state index in [0.29, 0.717) is 5.56 Å². The maximum Gasteiger partial charge on any atom is 0.421 e. The van der Waals surface area contributed by atoms with E-state index in [1.54, 1.807) is 20.8 Å². The smallest absolute Gasteiger partial charge is 0.421 e. The fraction of sp³-hybridized carbons (Fsp3) is 0.462. The van der Waals surface area contributed by atoms with Crippen LogP contribution in [0.2, 0.25) is 0 Å². The number of ether oxygens (including phenoxy) is 1. The van der Waals surface area contributed by atoms with Gasteiger partial charge in [0.15, 0.2) is 0 Å². The summed E-state index contributed by atoms with van der Waals surface area (Å²) in [5.74, 6) is -0.329. The van der Waals surface area contributed by atoms with Crippen molar-refractivity contribution in [3.63, 3.8) is 0 Å². The molecule has 122 valence electrons. The first-order valence-corrected chi connectivity index (χ1v) is 8.10. The highest BCUT2D eigenvalue weighted by molar-refractivity contribution is 7.90. The van der Waals surface area contributed by atoms with Crippen molar-refractivity contribution in [2.24, 2.45) is 0 Å². The molecule has 0 unspecified atom stereocenters. The van der Waals surface area contributed by atoms with Crippen LogP contribution in [0, 0.1) is 10.1 Å². The fourth-order valence-corrected chi connectivity index (χ4v) is 2.42. The Morgan fingerprint density at radius 3 is 2.27 bits per heavy atom. The zero-order valence-electron chi connectivity index (χ0n) is 12.5. The van der Waals surface area contributed by atoms with E-state index in [4.69, 9.17) is 4.74 Å². The van der Waals surface area contributed by atoms with Gasteiger partial charge < -0.3 is 4.74 Å². The van der Waals surface area contributed by atoms with Gasteiger partial charge in [-0.2, -0.15) is 0 Å². The van der Waals surface area contributed by atoms with E-state index in [1.165, 1.54) is 24.3 Å². The minimum absolute atomic E-state index is 0.0708. The Kier molecular flexibility index (Phi) is 5.48. The molecule has 0 fully saturated rings. The van der Waals surface area contributed by atoms with E-state index in [2.05, 4.69) is 0 Å². The number of benzene rings is 1. The molecule has 1 amide bonds. The van der Waals surface area contributed by atoms with Gasteiger partial charge in [0.05, 0.1) is 10.7 Å². The topological polar surface area (TPSA) is 116 Å². The van der Waals surface area contributed by atoms with Crippen molar-refractivity contribution in [2.45, 2.75) is 32.8 Å². The van der Waals surface area contributed by atoms with E-state index in [0.717, 1.165) is 0 Å². The zero-order chi connectivity index (χ0) is 17.0. The number of non-ortho nitro benzene ring substituents is 1. The van der Waals surface area contributed by atoms with Gasteiger partial charge in [0.1, 0.15) is 5.60 Å². The van der Waals surface area contributed by atoms with Gasteiger partial charge in [-0.3, -0.25) is 10.1 Å². The van der Waals surface area contributed by atoms with Crippen LogP contribution in [0.1, 0.15) is 26.3 Å². The normalized spacial score (nSPS) is 11.8. The minimum atomic E-state index is -3.84. The average molecular weight is 330 g/mol. The van der Waals surface area contributed by atoms with Crippen LogP contribution < -0.4 is 4.72 Å². The molecule has 0 aliphatic heterocycles. The van der Waals surface area contributed by atoms with Crippen LogP contribution in [-0.4, -0.2) is 30.8 Å². The van der Waals surface area contributed by atoms with E-state index >= 15 is 0 Å². The van der Waals surface area contributed by atoms with Gasteiger partial charge in [0.2, 0.25) is 10.0 Å². The number of nitrogens with zero attached hydrogens (tertiary/aromatic N) is 1.